The predicted molar refractivity (Wildman–Crippen MR) is 83.8 cm³/mol. The summed E-state index contributed by atoms with van der Waals surface area (Å²) in [7, 11) is 0.683. The molecule has 0 radical (unpaired) electrons. The molecule has 116 valence electrons. The van der Waals surface area contributed by atoms with Gasteiger partial charge in [-0.05, 0) is 52.2 Å². The number of benzene rings is 1. The molecule has 1 aromatic carbocycles. The number of sulfone groups is 1. The summed E-state index contributed by atoms with van der Waals surface area (Å²) in [5.74, 6) is 0.0359. The largest absolute Gasteiger partial charge is 0.313 e. The van der Waals surface area contributed by atoms with Crippen molar-refractivity contribution in [2.24, 2.45) is 0 Å². The molecule has 21 heavy (non-hydrogen) atoms. The van der Waals surface area contributed by atoms with Gasteiger partial charge in [0.2, 0.25) is 0 Å². The van der Waals surface area contributed by atoms with Gasteiger partial charge >= 0.3 is 0 Å². The fraction of sp³-hybridized carbons (Fsp3) is 0.533. The average Bonchev–Trinajstić information content (AvgIpc) is 2.45. The summed E-state index contributed by atoms with van der Waals surface area (Å²) in [4.78, 5) is 2.31. The maximum Gasteiger partial charge on any atom is 0.179 e. The average molecular weight is 309 g/mol. The second-order valence-corrected chi connectivity index (χ2v) is 7.51. The summed E-state index contributed by atoms with van der Waals surface area (Å²) < 4.78 is 24.4. The highest BCUT2D eigenvalue weighted by molar-refractivity contribution is 7.91. The van der Waals surface area contributed by atoms with Crippen LogP contribution in [0.2, 0.25) is 0 Å². The van der Waals surface area contributed by atoms with Gasteiger partial charge in [0.25, 0.3) is 0 Å². The molecule has 0 aliphatic carbocycles. The first-order chi connectivity index (χ1) is 9.85. The lowest BCUT2D eigenvalue weighted by Gasteiger charge is -2.16. The van der Waals surface area contributed by atoms with E-state index in [-0.39, 0.29) is 16.7 Å². The van der Waals surface area contributed by atoms with E-state index in [1.807, 2.05) is 27.1 Å². The zero-order valence-electron chi connectivity index (χ0n) is 12.8. The van der Waals surface area contributed by atoms with Crippen molar-refractivity contribution in [3.63, 3.8) is 0 Å². The molecule has 0 bridgehead atoms. The van der Waals surface area contributed by atoms with Crippen LogP contribution in [0.25, 0.3) is 0 Å². The van der Waals surface area contributed by atoms with Gasteiger partial charge in [0.1, 0.15) is 0 Å². The van der Waals surface area contributed by atoms with Gasteiger partial charge in [-0.3, -0.25) is 0 Å². The summed E-state index contributed by atoms with van der Waals surface area (Å²) in [6, 6.07) is 8.38. The molecule has 0 spiro atoms. The molecule has 0 aliphatic heterocycles. The Bertz CT molecular complexity index is 591. The molecule has 0 saturated heterocycles. The topological polar surface area (TPSA) is 73.2 Å². The first kappa shape index (κ1) is 17.6. The van der Waals surface area contributed by atoms with E-state index in [9.17, 15) is 8.42 Å². The first-order valence-corrected chi connectivity index (χ1v) is 8.61. The van der Waals surface area contributed by atoms with Gasteiger partial charge in [-0.15, -0.1) is 0 Å². The Balaban J connectivity index is 2.52. The molecule has 1 rings (SSSR count). The van der Waals surface area contributed by atoms with E-state index in [1.54, 1.807) is 12.1 Å². The molecule has 0 saturated carbocycles. The first-order valence-electron chi connectivity index (χ1n) is 6.96. The molecule has 0 aromatic heterocycles. The van der Waals surface area contributed by atoms with Crippen LogP contribution in [0.3, 0.4) is 0 Å². The number of nitriles is 1. The van der Waals surface area contributed by atoms with Gasteiger partial charge in [0.05, 0.1) is 22.3 Å². The third-order valence-electron chi connectivity index (χ3n) is 3.20. The van der Waals surface area contributed by atoms with Crippen molar-refractivity contribution in [1.29, 1.82) is 5.26 Å². The van der Waals surface area contributed by atoms with Crippen LogP contribution in [0.4, 0.5) is 0 Å². The van der Waals surface area contributed by atoms with Crippen molar-refractivity contribution in [1.82, 2.24) is 10.2 Å². The Morgan fingerprint density at radius 3 is 2.71 bits per heavy atom. The van der Waals surface area contributed by atoms with Crippen LogP contribution in [0.1, 0.15) is 18.9 Å². The SMILES string of the molecule is CC(CCN(C)C)NCCS(=O)(=O)c1cccc(C#N)c1. The number of rotatable bonds is 8. The van der Waals surface area contributed by atoms with Crippen LogP contribution in [0.15, 0.2) is 29.2 Å². The smallest absolute Gasteiger partial charge is 0.179 e. The van der Waals surface area contributed by atoms with Crippen LogP contribution in [0, 0.1) is 11.3 Å². The van der Waals surface area contributed by atoms with Gasteiger partial charge in [0, 0.05) is 12.6 Å². The van der Waals surface area contributed by atoms with E-state index in [0.717, 1.165) is 13.0 Å². The highest BCUT2D eigenvalue weighted by Crippen LogP contribution is 2.12. The Morgan fingerprint density at radius 1 is 1.38 bits per heavy atom. The quantitative estimate of drug-likeness (QED) is 0.782. The highest BCUT2D eigenvalue weighted by atomic mass is 32.2. The van der Waals surface area contributed by atoms with Crippen molar-refractivity contribution < 1.29 is 8.42 Å². The molecule has 0 amide bonds. The standard InChI is InChI=1S/C15H23N3O2S/c1-13(7-9-18(2)3)17-8-10-21(19,20)15-6-4-5-14(11-15)12-16/h4-6,11,13,17H,7-10H2,1-3H3. The molecular formula is C15H23N3O2S. The van der Waals surface area contributed by atoms with Crippen molar-refractivity contribution in [3.05, 3.63) is 29.8 Å². The van der Waals surface area contributed by atoms with Crippen LogP contribution < -0.4 is 5.32 Å². The number of hydrogen-bond donors (Lipinski definition) is 1. The maximum atomic E-state index is 12.2. The third-order valence-corrected chi connectivity index (χ3v) is 4.91. The molecule has 0 aliphatic rings. The zero-order valence-corrected chi connectivity index (χ0v) is 13.7. The predicted octanol–water partition coefficient (Wildman–Crippen LogP) is 1.26. The Morgan fingerprint density at radius 2 is 2.10 bits per heavy atom. The normalized spacial score (nSPS) is 13.1. The van der Waals surface area contributed by atoms with E-state index in [2.05, 4.69) is 10.2 Å². The summed E-state index contributed by atoms with van der Waals surface area (Å²) >= 11 is 0. The van der Waals surface area contributed by atoms with E-state index < -0.39 is 9.84 Å². The molecule has 1 aromatic rings. The van der Waals surface area contributed by atoms with E-state index in [0.29, 0.717) is 12.1 Å². The zero-order chi connectivity index (χ0) is 15.9. The molecule has 6 heteroatoms. The third kappa shape index (κ3) is 6.25. The van der Waals surface area contributed by atoms with Crippen LogP contribution in [-0.4, -0.2) is 52.3 Å². The molecule has 0 heterocycles. The number of nitrogens with one attached hydrogen (secondary N) is 1. The Kier molecular flexibility index (Phi) is 6.82. The summed E-state index contributed by atoms with van der Waals surface area (Å²) in [5.41, 5.74) is 0.364. The van der Waals surface area contributed by atoms with Crippen LogP contribution >= 0.6 is 0 Å². The fourth-order valence-electron chi connectivity index (χ4n) is 1.87. The molecule has 1 unspecified atom stereocenters. The lowest BCUT2D eigenvalue weighted by atomic mass is 10.2. The second-order valence-electron chi connectivity index (χ2n) is 5.41. The Labute approximate surface area is 127 Å². The van der Waals surface area contributed by atoms with Crippen molar-refractivity contribution in [2.45, 2.75) is 24.3 Å². The van der Waals surface area contributed by atoms with Crippen molar-refractivity contribution in [2.75, 3.05) is 32.9 Å². The lowest BCUT2D eigenvalue weighted by Crippen LogP contribution is -2.33. The highest BCUT2D eigenvalue weighted by Gasteiger charge is 2.15. The van der Waals surface area contributed by atoms with Gasteiger partial charge in [0.15, 0.2) is 9.84 Å². The van der Waals surface area contributed by atoms with Crippen molar-refractivity contribution >= 4 is 9.84 Å². The summed E-state index contributed by atoms with van der Waals surface area (Å²) in [6.07, 6.45) is 0.969. The van der Waals surface area contributed by atoms with Crippen LogP contribution in [0.5, 0.6) is 0 Å². The Hall–Kier alpha value is -1.42. The summed E-state index contributed by atoms with van der Waals surface area (Å²) in [6.45, 7) is 3.42. The molecule has 5 nitrogen and oxygen atoms in total. The van der Waals surface area contributed by atoms with Crippen molar-refractivity contribution in [3.8, 4) is 6.07 Å². The van der Waals surface area contributed by atoms with Gasteiger partial charge in [-0.2, -0.15) is 5.26 Å². The van der Waals surface area contributed by atoms with Gasteiger partial charge in [-0.25, -0.2) is 8.42 Å². The van der Waals surface area contributed by atoms with Crippen LogP contribution in [-0.2, 0) is 9.84 Å². The minimum absolute atomic E-state index is 0.0359. The van der Waals surface area contributed by atoms with E-state index in [1.165, 1.54) is 12.1 Å². The second kappa shape index (κ2) is 8.13. The summed E-state index contributed by atoms with van der Waals surface area (Å²) in [5, 5.41) is 12.0. The minimum atomic E-state index is -3.34. The van der Waals surface area contributed by atoms with E-state index in [4.69, 9.17) is 5.26 Å². The lowest BCUT2D eigenvalue weighted by molar-refractivity contribution is 0.368. The molecule has 0 fully saturated rings. The minimum Gasteiger partial charge on any atom is -0.313 e. The molecule has 1 atom stereocenters. The number of nitrogens with zero attached hydrogens (tertiary/aromatic N) is 2. The van der Waals surface area contributed by atoms with E-state index >= 15 is 0 Å². The maximum absolute atomic E-state index is 12.2. The monoisotopic (exact) mass is 309 g/mol. The number of hydrogen-bond acceptors (Lipinski definition) is 5. The molecular weight excluding hydrogens is 286 g/mol. The fourth-order valence-corrected chi connectivity index (χ4v) is 3.09. The molecule has 1 N–H and O–H groups in total. The van der Waals surface area contributed by atoms with Gasteiger partial charge < -0.3 is 10.2 Å². The van der Waals surface area contributed by atoms with Gasteiger partial charge in [-0.1, -0.05) is 6.07 Å².